The van der Waals surface area contributed by atoms with Gasteiger partial charge in [0.25, 0.3) is 11.8 Å². The van der Waals surface area contributed by atoms with E-state index in [-0.39, 0.29) is 22.8 Å². The Hall–Kier alpha value is -3.61. The number of imide groups is 2. The number of rotatable bonds is 2. The highest BCUT2D eigenvalue weighted by Crippen LogP contribution is 2.24. The van der Waals surface area contributed by atoms with Crippen LogP contribution in [0.3, 0.4) is 0 Å². The number of barbiturate groups is 1. The summed E-state index contributed by atoms with van der Waals surface area (Å²) < 4.78 is 0. The first kappa shape index (κ1) is 15.3. The summed E-state index contributed by atoms with van der Waals surface area (Å²) in [5, 5.41) is 20.7. The molecule has 7 nitrogen and oxygen atoms in total. The summed E-state index contributed by atoms with van der Waals surface area (Å²) in [4.78, 5) is 37.4. The fourth-order valence-corrected chi connectivity index (χ4v) is 2.23. The van der Waals surface area contributed by atoms with Gasteiger partial charge in [0.15, 0.2) is 0 Å². The SMILES string of the molecule is O=C1NC(=O)N(c2ccc(O)cc2)C(=O)/C1=C/c1ccc(O)cc1. The Morgan fingerprint density at radius 2 is 1.38 bits per heavy atom. The second-order valence-electron chi connectivity index (χ2n) is 5.07. The molecule has 0 unspecified atom stereocenters. The number of hydrogen-bond donors (Lipinski definition) is 3. The van der Waals surface area contributed by atoms with E-state index in [1.807, 2.05) is 0 Å². The maximum atomic E-state index is 12.6. The molecule has 1 aliphatic rings. The standard InChI is InChI=1S/C17H12N2O5/c20-12-5-1-10(2-6-12)9-14-15(22)18-17(24)19(16(14)23)11-3-7-13(21)8-4-11/h1-9,20-21H,(H,18,22,24)/b14-9+. The number of phenolic OH excluding ortho intramolecular Hbond substituents is 2. The van der Waals surface area contributed by atoms with Crippen LogP contribution in [0.25, 0.3) is 6.08 Å². The van der Waals surface area contributed by atoms with Crippen LogP contribution >= 0.6 is 0 Å². The molecule has 3 rings (SSSR count). The summed E-state index contributed by atoms with van der Waals surface area (Å²) in [6.45, 7) is 0. The minimum Gasteiger partial charge on any atom is -0.508 e. The predicted molar refractivity (Wildman–Crippen MR) is 85.2 cm³/mol. The zero-order valence-corrected chi connectivity index (χ0v) is 12.3. The van der Waals surface area contributed by atoms with E-state index in [0.717, 1.165) is 4.90 Å². The first-order chi connectivity index (χ1) is 11.5. The average Bonchev–Trinajstić information content (AvgIpc) is 2.55. The quantitative estimate of drug-likeness (QED) is 0.576. The first-order valence-electron chi connectivity index (χ1n) is 6.95. The molecular weight excluding hydrogens is 312 g/mol. The molecule has 0 spiro atoms. The van der Waals surface area contributed by atoms with Crippen molar-refractivity contribution in [1.29, 1.82) is 0 Å². The summed E-state index contributed by atoms with van der Waals surface area (Å²) in [6.07, 6.45) is 1.33. The van der Waals surface area contributed by atoms with Gasteiger partial charge >= 0.3 is 6.03 Å². The number of carbonyl (C=O) groups is 3. The van der Waals surface area contributed by atoms with Gasteiger partial charge in [-0.2, -0.15) is 0 Å². The fraction of sp³-hybridized carbons (Fsp3) is 0. The normalized spacial score (nSPS) is 16.4. The van der Waals surface area contributed by atoms with Gasteiger partial charge in [0.2, 0.25) is 0 Å². The molecule has 1 fully saturated rings. The van der Waals surface area contributed by atoms with E-state index in [9.17, 15) is 24.6 Å². The molecule has 120 valence electrons. The van der Waals surface area contributed by atoms with Gasteiger partial charge < -0.3 is 10.2 Å². The molecule has 1 saturated heterocycles. The Morgan fingerprint density at radius 3 is 1.96 bits per heavy atom. The molecule has 24 heavy (non-hydrogen) atoms. The molecule has 0 aromatic heterocycles. The van der Waals surface area contributed by atoms with Crippen LogP contribution in [0.5, 0.6) is 11.5 Å². The van der Waals surface area contributed by atoms with E-state index in [2.05, 4.69) is 5.32 Å². The van der Waals surface area contributed by atoms with E-state index in [0.29, 0.717) is 5.56 Å². The lowest BCUT2D eigenvalue weighted by atomic mass is 10.1. The minimum atomic E-state index is -0.862. The fourth-order valence-electron chi connectivity index (χ4n) is 2.23. The van der Waals surface area contributed by atoms with Crippen LogP contribution in [0.1, 0.15) is 5.56 Å². The molecule has 1 heterocycles. The van der Waals surface area contributed by atoms with Gasteiger partial charge in [0.05, 0.1) is 5.69 Å². The monoisotopic (exact) mass is 324 g/mol. The Kier molecular flexibility index (Phi) is 3.75. The summed E-state index contributed by atoms with van der Waals surface area (Å²) >= 11 is 0. The van der Waals surface area contributed by atoms with E-state index < -0.39 is 17.8 Å². The van der Waals surface area contributed by atoms with Gasteiger partial charge in [-0.1, -0.05) is 12.1 Å². The highest BCUT2D eigenvalue weighted by Gasteiger charge is 2.36. The largest absolute Gasteiger partial charge is 0.508 e. The van der Waals surface area contributed by atoms with Crippen molar-refractivity contribution in [3.63, 3.8) is 0 Å². The topological polar surface area (TPSA) is 107 Å². The van der Waals surface area contributed by atoms with Crippen LogP contribution in [0.2, 0.25) is 0 Å². The Morgan fingerprint density at radius 1 is 0.833 bits per heavy atom. The second kappa shape index (κ2) is 5.88. The van der Waals surface area contributed by atoms with Crippen LogP contribution in [-0.2, 0) is 9.59 Å². The van der Waals surface area contributed by atoms with Crippen molar-refractivity contribution < 1.29 is 24.6 Å². The molecule has 4 amide bonds. The number of amides is 4. The number of aromatic hydroxyl groups is 2. The number of nitrogens with one attached hydrogen (secondary N) is 1. The number of anilines is 1. The first-order valence-corrected chi connectivity index (χ1v) is 6.95. The second-order valence-corrected chi connectivity index (χ2v) is 5.07. The summed E-state index contributed by atoms with van der Waals surface area (Å²) in [7, 11) is 0. The molecule has 0 bridgehead atoms. The molecule has 0 atom stereocenters. The summed E-state index contributed by atoms with van der Waals surface area (Å²) in [6, 6.07) is 10.5. The van der Waals surface area contributed by atoms with Crippen molar-refractivity contribution in [2.24, 2.45) is 0 Å². The van der Waals surface area contributed by atoms with Crippen LogP contribution in [0, 0.1) is 0 Å². The minimum absolute atomic E-state index is 0.0143. The number of benzene rings is 2. The van der Waals surface area contributed by atoms with Crippen molar-refractivity contribution in [3.05, 3.63) is 59.7 Å². The lowest BCUT2D eigenvalue weighted by Crippen LogP contribution is -2.54. The number of carbonyl (C=O) groups excluding carboxylic acids is 3. The van der Waals surface area contributed by atoms with Gasteiger partial charge in [-0.25, -0.2) is 9.69 Å². The van der Waals surface area contributed by atoms with E-state index in [1.54, 1.807) is 0 Å². The highest BCUT2D eigenvalue weighted by atomic mass is 16.3. The van der Waals surface area contributed by atoms with Crippen molar-refractivity contribution >= 4 is 29.6 Å². The molecule has 0 radical (unpaired) electrons. The number of hydrogen-bond acceptors (Lipinski definition) is 5. The molecule has 7 heteroatoms. The van der Waals surface area contributed by atoms with Gasteiger partial charge in [-0.05, 0) is 48.0 Å². The van der Waals surface area contributed by atoms with E-state index >= 15 is 0 Å². The number of phenols is 2. The maximum absolute atomic E-state index is 12.6. The zero-order chi connectivity index (χ0) is 17.3. The van der Waals surface area contributed by atoms with E-state index in [1.165, 1.54) is 54.6 Å². The predicted octanol–water partition coefficient (Wildman–Crippen LogP) is 1.76. The maximum Gasteiger partial charge on any atom is 0.335 e. The highest BCUT2D eigenvalue weighted by molar-refractivity contribution is 6.39. The van der Waals surface area contributed by atoms with Crippen LogP contribution in [0.4, 0.5) is 10.5 Å². The Labute approximate surface area is 136 Å². The third-order valence-electron chi connectivity index (χ3n) is 3.41. The van der Waals surface area contributed by atoms with Gasteiger partial charge in [-0.3, -0.25) is 14.9 Å². The molecular formula is C17H12N2O5. The van der Waals surface area contributed by atoms with Gasteiger partial charge in [-0.15, -0.1) is 0 Å². The zero-order valence-electron chi connectivity index (χ0n) is 12.3. The molecule has 2 aromatic rings. The van der Waals surface area contributed by atoms with Crippen molar-refractivity contribution in [3.8, 4) is 11.5 Å². The van der Waals surface area contributed by atoms with Crippen molar-refractivity contribution in [1.82, 2.24) is 5.32 Å². The molecule has 0 aliphatic carbocycles. The third-order valence-corrected chi connectivity index (χ3v) is 3.41. The number of urea groups is 1. The summed E-state index contributed by atoms with van der Waals surface area (Å²) in [5.41, 5.74) is 0.527. The lowest BCUT2D eigenvalue weighted by Gasteiger charge is -2.26. The molecule has 1 aliphatic heterocycles. The van der Waals surface area contributed by atoms with Crippen molar-refractivity contribution in [2.75, 3.05) is 4.90 Å². The van der Waals surface area contributed by atoms with Crippen LogP contribution < -0.4 is 10.2 Å². The summed E-state index contributed by atoms with van der Waals surface area (Å²) in [5.74, 6) is -1.53. The van der Waals surface area contributed by atoms with Crippen LogP contribution in [0.15, 0.2) is 54.1 Å². The van der Waals surface area contributed by atoms with Gasteiger partial charge in [0, 0.05) is 0 Å². The molecule has 0 saturated carbocycles. The van der Waals surface area contributed by atoms with Gasteiger partial charge in [0.1, 0.15) is 17.1 Å². The lowest BCUT2D eigenvalue weighted by molar-refractivity contribution is -0.122. The van der Waals surface area contributed by atoms with Crippen LogP contribution in [-0.4, -0.2) is 28.1 Å². The number of nitrogens with zero attached hydrogens (tertiary/aromatic N) is 1. The smallest absolute Gasteiger partial charge is 0.335 e. The Balaban J connectivity index is 1.99. The van der Waals surface area contributed by atoms with E-state index in [4.69, 9.17) is 0 Å². The molecule has 2 aromatic carbocycles. The Bertz CT molecular complexity index is 854. The van der Waals surface area contributed by atoms with Crippen molar-refractivity contribution in [2.45, 2.75) is 0 Å². The molecule has 3 N–H and O–H groups in total. The average molecular weight is 324 g/mol. The third kappa shape index (κ3) is 2.82.